The Morgan fingerprint density at radius 3 is 2.65 bits per heavy atom. The standard InChI is InChI=1S/C24H30N4O6/c1-15-4-2-3-9-24(15)22(31)28(23(32)26-24)13-20(29)27-10-7-16(8-11-27)21(30)25-17-5-6-18-19(12-17)34-14-33-18/h5-6,12,15-16H,2-4,7-11,13-14H2,1H3,(H,25,30)(H,26,32)/t15-,24-/m0/s1. The minimum atomic E-state index is -0.866. The maximum absolute atomic E-state index is 13.1. The van der Waals surface area contributed by atoms with E-state index >= 15 is 0 Å². The third-order valence-electron chi connectivity index (χ3n) is 7.65. The zero-order chi connectivity index (χ0) is 23.9. The van der Waals surface area contributed by atoms with Gasteiger partial charge in [0.05, 0.1) is 0 Å². The fraction of sp³-hybridized carbons (Fsp3) is 0.583. The van der Waals surface area contributed by atoms with Crippen LogP contribution in [0.5, 0.6) is 11.5 Å². The third-order valence-corrected chi connectivity index (χ3v) is 7.65. The molecule has 4 aliphatic rings. The Balaban J connectivity index is 1.14. The number of hydrogen-bond donors (Lipinski definition) is 2. The molecule has 2 saturated heterocycles. The average Bonchev–Trinajstić information content (AvgIpc) is 3.39. The summed E-state index contributed by atoms with van der Waals surface area (Å²) in [7, 11) is 0. The van der Waals surface area contributed by atoms with Gasteiger partial charge in [0, 0.05) is 30.8 Å². The van der Waals surface area contributed by atoms with Crippen molar-refractivity contribution in [3.63, 3.8) is 0 Å². The van der Waals surface area contributed by atoms with Crippen molar-refractivity contribution in [1.82, 2.24) is 15.1 Å². The predicted octanol–water partition coefficient (Wildman–Crippen LogP) is 2.09. The summed E-state index contributed by atoms with van der Waals surface area (Å²) in [6.45, 7) is 2.71. The molecule has 2 atom stereocenters. The number of nitrogens with one attached hydrogen (secondary N) is 2. The van der Waals surface area contributed by atoms with Crippen molar-refractivity contribution in [1.29, 1.82) is 0 Å². The van der Waals surface area contributed by atoms with E-state index < -0.39 is 11.6 Å². The topological polar surface area (TPSA) is 117 Å². The van der Waals surface area contributed by atoms with E-state index in [4.69, 9.17) is 9.47 Å². The van der Waals surface area contributed by atoms with Crippen LogP contribution in [0.2, 0.25) is 0 Å². The third kappa shape index (κ3) is 3.95. The Bertz CT molecular complexity index is 1020. The normalized spacial score (nSPS) is 26.7. The Morgan fingerprint density at radius 1 is 1.12 bits per heavy atom. The molecule has 3 aliphatic heterocycles. The number of benzene rings is 1. The number of hydrogen-bond acceptors (Lipinski definition) is 6. The molecule has 5 amide bonds. The Labute approximate surface area is 197 Å². The Morgan fingerprint density at radius 2 is 1.88 bits per heavy atom. The van der Waals surface area contributed by atoms with Crippen LogP contribution in [0.15, 0.2) is 18.2 Å². The maximum atomic E-state index is 13.1. The molecule has 1 aromatic carbocycles. The van der Waals surface area contributed by atoms with Gasteiger partial charge in [-0.25, -0.2) is 4.79 Å². The molecule has 10 nitrogen and oxygen atoms in total. The molecule has 1 saturated carbocycles. The highest BCUT2D eigenvalue weighted by Gasteiger charge is 2.55. The molecule has 1 aliphatic carbocycles. The van der Waals surface area contributed by atoms with Crippen LogP contribution in [0, 0.1) is 11.8 Å². The number of rotatable bonds is 4. The highest BCUT2D eigenvalue weighted by Crippen LogP contribution is 2.38. The summed E-state index contributed by atoms with van der Waals surface area (Å²) in [6, 6.07) is 4.77. The van der Waals surface area contributed by atoms with Crippen LogP contribution >= 0.6 is 0 Å². The SMILES string of the molecule is C[C@H]1CCCC[C@]12NC(=O)N(CC(=O)N1CCC(C(=O)Nc3ccc4c(c3)OCO4)CC1)C2=O. The number of carbonyl (C=O) groups is 4. The van der Waals surface area contributed by atoms with Crippen LogP contribution in [0.25, 0.3) is 0 Å². The molecule has 0 bridgehead atoms. The zero-order valence-electron chi connectivity index (χ0n) is 19.3. The minimum Gasteiger partial charge on any atom is -0.454 e. The second-order valence-corrected chi connectivity index (χ2v) is 9.65. The van der Waals surface area contributed by atoms with Crippen LogP contribution in [0.1, 0.15) is 45.4 Å². The smallest absolute Gasteiger partial charge is 0.325 e. The van der Waals surface area contributed by atoms with Crippen LogP contribution in [0.3, 0.4) is 0 Å². The summed E-state index contributed by atoms with van der Waals surface area (Å²) < 4.78 is 10.6. The Kier molecular flexibility index (Phi) is 5.83. The predicted molar refractivity (Wildman–Crippen MR) is 121 cm³/mol. The summed E-state index contributed by atoms with van der Waals surface area (Å²) in [5.41, 5.74) is -0.229. The molecule has 3 heterocycles. The summed E-state index contributed by atoms with van der Waals surface area (Å²) in [5.74, 6) is 0.430. The number of anilines is 1. The molecule has 1 spiro atoms. The highest BCUT2D eigenvalue weighted by molar-refractivity contribution is 6.09. The summed E-state index contributed by atoms with van der Waals surface area (Å²) in [5, 5.41) is 5.79. The first-order chi connectivity index (χ1) is 16.4. The van der Waals surface area contributed by atoms with Crippen molar-refractivity contribution in [3.8, 4) is 11.5 Å². The van der Waals surface area contributed by atoms with Gasteiger partial charge in [-0.15, -0.1) is 0 Å². The van der Waals surface area contributed by atoms with Crippen molar-refractivity contribution in [2.45, 2.75) is 51.0 Å². The van der Waals surface area contributed by atoms with Gasteiger partial charge in [0.15, 0.2) is 11.5 Å². The maximum Gasteiger partial charge on any atom is 0.325 e. The zero-order valence-corrected chi connectivity index (χ0v) is 19.3. The van der Waals surface area contributed by atoms with Gasteiger partial charge in [0.2, 0.25) is 18.6 Å². The first kappa shape index (κ1) is 22.5. The summed E-state index contributed by atoms with van der Waals surface area (Å²) in [6.07, 6.45) is 4.47. The van der Waals surface area contributed by atoms with Crippen LogP contribution < -0.4 is 20.1 Å². The van der Waals surface area contributed by atoms with E-state index in [0.29, 0.717) is 49.5 Å². The van der Waals surface area contributed by atoms with E-state index in [9.17, 15) is 19.2 Å². The average molecular weight is 471 g/mol. The second kappa shape index (κ2) is 8.81. The lowest BCUT2D eigenvalue weighted by atomic mass is 9.73. The van der Waals surface area contributed by atoms with Gasteiger partial charge in [-0.2, -0.15) is 0 Å². The lowest BCUT2D eigenvalue weighted by molar-refractivity contribution is -0.141. The first-order valence-electron chi connectivity index (χ1n) is 12.0. The van der Waals surface area contributed by atoms with Gasteiger partial charge in [0.25, 0.3) is 5.91 Å². The molecule has 2 N–H and O–H groups in total. The number of amides is 5. The fourth-order valence-corrected chi connectivity index (χ4v) is 5.48. The quantitative estimate of drug-likeness (QED) is 0.651. The number of ether oxygens (including phenoxy) is 2. The molecule has 182 valence electrons. The van der Waals surface area contributed by atoms with E-state index in [-0.39, 0.29) is 42.9 Å². The number of likely N-dealkylation sites (tertiary alicyclic amines) is 1. The molecule has 0 unspecified atom stereocenters. The van der Waals surface area contributed by atoms with Gasteiger partial charge in [-0.1, -0.05) is 19.8 Å². The van der Waals surface area contributed by atoms with E-state index in [2.05, 4.69) is 10.6 Å². The minimum absolute atomic E-state index is 0.0526. The molecule has 34 heavy (non-hydrogen) atoms. The van der Waals surface area contributed by atoms with Crippen molar-refractivity contribution in [2.75, 3.05) is 31.7 Å². The van der Waals surface area contributed by atoms with E-state index in [1.54, 1.807) is 23.1 Å². The van der Waals surface area contributed by atoms with Gasteiger partial charge >= 0.3 is 6.03 Å². The van der Waals surface area contributed by atoms with E-state index in [1.165, 1.54) is 0 Å². The molecule has 3 fully saturated rings. The van der Waals surface area contributed by atoms with Crippen molar-refractivity contribution >= 4 is 29.4 Å². The van der Waals surface area contributed by atoms with Crippen LogP contribution in [-0.4, -0.2) is 65.5 Å². The number of piperidine rings is 1. The monoisotopic (exact) mass is 470 g/mol. The number of urea groups is 1. The molecular formula is C24H30N4O6. The van der Waals surface area contributed by atoms with Crippen molar-refractivity contribution in [2.24, 2.45) is 11.8 Å². The summed E-state index contributed by atoms with van der Waals surface area (Å²) >= 11 is 0. The number of fused-ring (bicyclic) bond motifs is 1. The van der Waals surface area contributed by atoms with Gasteiger partial charge in [-0.05, 0) is 43.7 Å². The number of nitrogens with zero attached hydrogens (tertiary/aromatic N) is 2. The lowest BCUT2D eigenvalue weighted by Gasteiger charge is -2.37. The van der Waals surface area contributed by atoms with Crippen molar-refractivity contribution < 1.29 is 28.7 Å². The molecule has 5 rings (SSSR count). The van der Waals surface area contributed by atoms with Crippen LogP contribution in [0.4, 0.5) is 10.5 Å². The van der Waals surface area contributed by atoms with Gasteiger partial charge in [0.1, 0.15) is 12.1 Å². The first-order valence-corrected chi connectivity index (χ1v) is 12.0. The number of imide groups is 1. The van der Waals surface area contributed by atoms with Gasteiger partial charge < -0.3 is 25.0 Å². The molecule has 1 aromatic rings. The van der Waals surface area contributed by atoms with Crippen LogP contribution in [-0.2, 0) is 14.4 Å². The van der Waals surface area contributed by atoms with E-state index in [0.717, 1.165) is 24.2 Å². The second-order valence-electron chi connectivity index (χ2n) is 9.65. The van der Waals surface area contributed by atoms with E-state index in [1.807, 2.05) is 6.92 Å². The Hall–Kier alpha value is -3.30. The van der Waals surface area contributed by atoms with Crippen molar-refractivity contribution in [3.05, 3.63) is 18.2 Å². The molecule has 0 radical (unpaired) electrons. The number of carbonyl (C=O) groups excluding carboxylic acids is 4. The fourth-order valence-electron chi connectivity index (χ4n) is 5.48. The lowest BCUT2D eigenvalue weighted by Crippen LogP contribution is -2.54. The summed E-state index contributed by atoms with van der Waals surface area (Å²) in [4.78, 5) is 54.0. The molecule has 0 aromatic heterocycles. The largest absolute Gasteiger partial charge is 0.454 e. The highest BCUT2D eigenvalue weighted by atomic mass is 16.7. The molecular weight excluding hydrogens is 440 g/mol. The molecule has 10 heteroatoms. The van der Waals surface area contributed by atoms with Gasteiger partial charge in [-0.3, -0.25) is 19.3 Å².